The van der Waals surface area contributed by atoms with Crippen molar-refractivity contribution in [1.29, 1.82) is 0 Å². The third-order valence-electron chi connectivity index (χ3n) is 5.31. The number of hydrogen-bond acceptors (Lipinski definition) is 7. The summed E-state index contributed by atoms with van der Waals surface area (Å²) in [6.07, 6.45) is 2.56. The maximum absolute atomic E-state index is 13.0. The van der Waals surface area contributed by atoms with Gasteiger partial charge in [-0.1, -0.05) is 30.8 Å². The van der Waals surface area contributed by atoms with Crippen LogP contribution in [0, 0.1) is 6.92 Å². The number of benzene rings is 1. The fraction of sp³-hybridized carbons (Fsp3) is 0.391. The standard InChI is InChI=1S/C23H25N3O4S2/c1-4-15-13(3)32-20(19(15)22(29)30-5-2)25-18(27)12-31-23-24-17-9-7-6-8-16(17)21(28)26(23)14-10-11-14/h6-9,14H,4-5,10-12H2,1-3H3,(H,25,27). The lowest BCUT2D eigenvalue weighted by Crippen LogP contribution is -2.23. The highest BCUT2D eigenvalue weighted by Crippen LogP contribution is 2.37. The van der Waals surface area contributed by atoms with E-state index in [1.165, 1.54) is 23.1 Å². The van der Waals surface area contributed by atoms with Crippen LogP contribution in [-0.4, -0.2) is 33.8 Å². The Morgan fingerprint density at radius 1 is 1.28 bits per heavy atom. The lowest BCUT2D eigenvalue weighted by Gasteiger charge is -2.12. The Kier molecular flexibility index (Phi) is 6.66. The molecule has 1 fully saturated rings. The maximum Gasteiger partial charge on any atom is 0.341 e. The number of nitrogens with one attached hydrogen (secondary N) is 1. The summed E-state index contributed by atoms with van der Waals surface area (Å²) in [5.74, 6) is -0.595. The first-order valence-corrected chi connectivity index (χ1v) is 12.5. The number of esters is 1. The smallest absolute Gasteiger partial charge is 0.341 e. The molecule has 1 aliphatic carbocycles. The molecule has 0 atom stereocenters. The fourth-order valence-corrected chi connectivity index (χ4v) is 5.70. The van der Waals surface area contributed by atoms with Crippen molar-refractivity contribution in [3.63, 3.8) is 0 Å². The van der Waals surface area contributed by atoms with Crippen molar-refractivity contribution < 1.29 is 14.3 Å². The van der Waals surface area contributed by atoms with E-state index < -0.39 is 5.97 Å². The van der Waals surface area contributed by atoms with Crippen LogP contribution in [0.2, 0.25) is 0 Å². The van der Waals surface area contributed by atoms with Gasteiger partial charge in [0.25, 0.3) is 5.56 Å². The van der Waals surface area contributed by atoms with E-state index in [9.17, 15) is 14.4 Å². The van der Waals surface area contributed by atoms with Crippen molar-refractivity contribution in [3.05, 3.63) is 50.6 Å². The number of nitrogens with zero attached hydrogens (tertiary/aromatic N) is 2. The van der Waals surface area contributed by atoms with Crippen LogP contribution in [-0.2, 0) is 16.0 Å². The molecule has 168 valence electrons. The number of ether oxygens (including phenoxy) is 1. The Labute approximate surface area is 194 Å². The molecule has 0 unspecified atom stereocenters. The van der Waals surface area contributed by atoms with Crippen LogP contribution in [0.4, 0.5) is 5.00 Å². The van der Waals surface area contributed by atoms with E-state index in [4.69, 9.17) is 4.74 Å². The Balaban J connectivity index is 1.56. The average molecular weight is 472 g/mol. The minimum Gasteiger partial charge on any atom is -0.462 e. The van der Waals surface area contributed by atoms with E-state index in [1.807, 2.05) is 32.0 Å². The second kappa shape index (κ2) is 9.46. The molecular formula is C23H25N3O4S2. The van der Waals surface area contributed by atoms with Crippen molar-refractivity contribution >= 4 is 50.9 Å². The average Bonchev–Trinajstić information content (AvgIpc) is 3.55. The van der Waals surface area contributed by atoms with Crippen LogP contribution in [0.3, 0.4) is 0 Å². The summed E-state index contributed by atoms with van der Waals surface area (Å²) in [5.41, 5.74) is 1.90. The molecular weight excluding hydrogens is 446 g/mol. The van der Waals surface area contributed by atoms with E-state index in [2.05, 4.69) is 10.3 Å². The first-order chi connectivity index (χ1) is 15.4. The first kappa shape index (κ1) is 22.5. The molecule has 1 N–H and O–H groups in total. The zero-order valence-electron chi connectivity index (χ0n) is 18.3. The number of aromatic nitrogens is 2. The molecule has 1 amide bonds. The predicted molar refractivity (Wildman–Crippen MR) is 128 cm³/mol. The van der Waals surface area contributed by atoms with Gasteiger partial charge in [0.15, 0.2) is 5.16 Å². The number of rotatable bonds is 8. The van der Waals surface area contributed by atoms with Crippen LogP contribution in [0.5, 0.6) is 0 Å². The molecule has 0 radical (unpaired) electrons. The van der Waals surface area contributed by atoms with Gasteiger partial charge in [-0.2, -0.15) is 0 Å². The van der Waals surface area contributed by atoms with Gasteiger partial charge in [-0.05, 0) is 50.8 Å². The lowest BCUT2D eigenvalue weighted by atomic mass is 10.1. The number of amides is 1. The second-order valence-electron chi connectivity index (χ2n) is 7.57. The van der Waals surface area contributed by atoms with Gasteiger partial charge in [0, 0.05) is 10.9 Å². The van der Waals surface area contributed by atoms with Gasteiger partial charge in [0.1, 0.15) is 5.00 Å². The number of thioether (sulfide) groups is 1. The number of para-hydroxylation sites is 1. The zero-order valence-corrected chi connectivity index (χ0v) is 19.9. The molecule has 9 heteroatoms. The molecule has 2 aromatic heterocycles. The molecule has 1 aromatic carbocycles. The molecule has 1 saturated carbocycles. The van der Waals surface area contributed by atoms with Crippen LogP contribution in [0.25, 0.3) is 10.9 Å². The van der Waals surface area contributed by atoms with Gasteiger partial charge in [-0.3, -0.25) is 14.2 Å². The number of fused-ring (bicyclic) bond motifs is 1. The van der Waals surface area contributed by atoms with E-state index in [-0.39, 0.29) is 29.9 Å². The zero-order chi connectivity index (χ0) is 22.8. The van der Waals surface area contributed by atoms with Crippen molar-refractivity contribution in [3.8, 4) is 0 Å². The molecule has 7 nitrogen and oxygen atoms in total. The third kappa shape index (κ3) is 4.45. The van der Waals surface area contributed by atoms with Gasteiger partial charge in [-0.25, -0.2) is 9.78 Å². The minimum atomic E-state index is -0.421. The predicted octanol–water partition coefficient (Wildman–Crippen LogP) is 4.57. The minimum absolute atomic E-state index is 0.0629. The molecule has 0 spiro atoms. The summed E-state index contributed by atoms with van der Waals surface area (Å²) in [5, 5.41) is 4.52. The van der Waals surface area contributed by atoms with Gasteiger partial charge in [0.05, 0.1) is 28.8 Å². The number of thiophene rings is 1. The lowest BCUT2D eigenvalue weighted by molar-refractivity contribution is -0.113. The van der Waals surface area contributed by atoms with Gasteiger partial charge >= 0.3 is 5.97 Å². The van der Waals surface area contributed by atoms with Crippen molar-refractivity contribution in [2.75, 3.05) is 17.7 Å². The summed E-state index contributed by atoms with van der Waals surface area (Å²) in [4.78, 5) is 43.9. The SMILES string of the molecule is CCOC(=O)c1c(NC(=O)CSc2nc3ccccc3c(=O)n2C2CC2)sc(C)c1CC. The summed E-state index contributed by atoms with van der Waals surface area (Å²) < 4.78 is 6.92. The van der Waals surface area contributed by atoms with Crippen LogP contribution < -0.4 is 10.9 Å². The highest BCUT2D eigenvalue weighted by Gasteiger charge is 2.29. The van der Waals surface area contributed by atoms with Crippen LogP contribution >= 0.6 is 23.1 Å². The Morgan fingerprint density at radius 3 is 2.72 bits per heavy atom. The van der Waals surface area contributed by atoms with E-state index in [0.717, 1.165) is 23.3 Å². The summed E-state index contributed by atoms with van der Waals surface area (Å²) in [6.45, 7) is 5.94. The normalized spacial score (nSPS) is 13.3. The van der Waals surface area contributed by atoms with E-state index >= 15 is 0 Å². The number of carbonyl (C=O) groups excluding carboxylic acids is 2. The third-order valence-corrected chi connectivity index (χ3v) is 7.33. The molecule has 3 aromatic rings. The van der Waals surface area contributed by atoms with Crippen molar-refractivity contribution in [1.82, 2.24) is 9.55 Å². The summed E-state index contributed by atoms with van der Waals surface area (Å²) >= 11 is 2.62. The number of aryl methyl sites for hydroxylation is 1. The summed E-state index contributed by atoms with van der Waals surface area (Å²) in [6, 6.07) is 7.42. The molecule has 0 bridgehead atoms. The van der Waals surface area contributed by atoms with E-state index in [1.54, 1.807) is 17.6 Å². The number of hydrogen-bond donors (Lipinski definition) is 1. The van der Waals surface area contributed by atoms with Gasteiger partial charge in [-0.15, -0.1) is 11.3 Å². The van der Waals surface area contributed by atoms with Crippen LogP contribution in [0.15, 0.2) is 34.2 Å². The highest BCUT2D eigenvalue weighted by molar-refractivity contribution is 7.99. The van der Waals surface area contributed by atoms with Crippen LogP contribution in [0.1, 0.15) is 53.5 Å². The van der Waals surface area contributed by atoms with Crippen molar-refractivity contribution in [2.24, 2.45) is 0 Å². The molecule has 1 aliphatic rings. The Hall–Kier alpha value is -2.65. The molecule has 32 heavy (non-hydrogen) atoms. The monoisotopic (exact) mass is 471 g/mol. The Morgan fingerprint density at radius 2 is 2.03 bits per heavy atom. The van der Waals surface area contributed by atoms with Gasteiger partial charge < -0.3 is 10.1 Å². The number of carbonyl (C=O) groups is 2. The second-order valence-corrected chi connectivity index (χ2v) is 9.74. The quantitative estimate of drug-likeness (QED) is 0.294. The largest absolute Gasteiger partial charge is 0.462 e. The fourth-order valence-electron chi connectivity index (χ4n) is 3.69. The maximum atomic E-state index is 13.0. The van der Waals surface area contributed by atoms with Crippen molar-refractivity contribution in [2.45, 2.75) is 51.2 Å². The Bertz CT molecular complexity index is 1240. The highest BCUT2D eigenvalue weighted by atomic mass is 32.2. The topological polar surface area (TPSA) is 90.3 Å². The van der Waals surface area contributed by atoms with Gasteiger partial charge in [0.2, 0.25) is 5.91 Å². The molecule has 4 rings (SSSR count). The molecule has 0 aliphatic heterocycles. The van der Waals surface area contributed by atoms with E-state index in [0.29, 0.717) is 33.0 Å². The molecule has 2 heterocycles. The summed E-state index contributed by atoms with van der Waals surface area (Å²) in [7, 11) is 0. The number of anilines is 1. The first-order valence-electron chi connectivity index (χ1n) is 10.7. The molecule has 0 saturated heterocycles.